The molecule has 2 bridgehead atoms. The summed E-state index contributed by atoms with van der Waals surface area (Å²) in [4.78, 5) is 29.9. The van der Waals surface area contributed by atoms with Gasteiger partial charge in [-0.15, -0.1) is 0 Å². The molecule has 4 N–H and O–H groups in total. The quantitative estimate of drug-likeness (QED) is 0.366. The van der Waals surface area contributed by atoms with Gasteiger partial charge in [0.05, 0.1) is 0 Å². The predicted molar refractivity (Wildman–Crippen MR) is 141 cm³/mol. The molecule has 37 heavy (non-hydrogen) atoms. The lowest BCUT2D eigenvalue weighted by molar-refractivity contribution is 0.0857. The minimum absolute atomic E-state index is 0.161. The molecule has 0 radical (unpaired) electrons. The third-order valence-electron chi connectivity index (χ3n) is 7.13. The molecule has 0 fully saturated rings. The summed E-state index contributed by atoms with van der Waals surface area (Å²) in [5, 5.41) is 5.98. The van der Waals surface area contributed by atoms with Crippen molar-refractivity contribution in [3.63, 3.8) is 0 Å². The van der Waals surface area contributed by atoms with Gasteiger partial charge < -0.3 is 21.1 Å². The second-order valence-corrected chi connectivity index (χ2v) is 9.51. The molecule has 3 heterocycles. The number of anilines is 2. The van der Waals surface area contributed by atoms with Crippen molar-refractivity contribution in [2.45, 2.75) is 32.6 Å². The number of hydrogen-bond donors (Lipinski definition) is 3. The van der Waals surface area contributed by atoms with E-state index in [9.17, 15) is 9.59 Å². The van der Waals surface area contributed by atoms with Crippen molar-refractivity contribution in [2.24, 2.45) is 0 Å². The zero-order valence-electron chi connectivity index (χ0n) is 20.5. The average molecular weight is 491 g/mol. The number of fused-ring (bicyclic) bond motifs is 8. The Morgan fingerprint density at radius 3 is 2.30 bits per heavy atom. The molecule has 2 unspecified atom stereocenters. The number of nitrogens with two attached hydrogens (primary N) is 1. The molecule has 2 aliphatic rings. The Labute approximate surface area is 214 Å². The summed E-state index contributed by atoms with van der Waals surface area (Å²) in [5.41, 5.74) is 14.6. The fraction of sp³-hybridized carbons (Fsp3) is 0.167. The lowest BCUT2D eigenvalue weighted by Gasteiger charge is -2.18. The Bertz CT molecular complexity index is 1540. The molecule has 0 aliphatic carbocycles. The number of rotatable bonds is 5. The van der Waals surface area contributed by atoms with E-state index in [2.05, 4.69) is 15.6 Å². The number of carbonyl (C=O) groups is 2. The Morgan fingerprint density at radius 2 is 1.54 bits per heavy atom. The van der Waals surface area contributed by atoms with E-state index in [4.69, 9.17) is 10.5 Å². The van der Waals surface area contributed by atoms with Crippen molar-refractivity contribution >= 4 is 23.3 Å². The van der Waals surface area contributed by atoms with Crippen molar-refractivity contribution in [3.8, 4) is 0 Å². The lowest BCUT2D eigenvalue weighted by atomic mass is 9.85. The van der Waals surface area contributed by atoms with Crippen LogP contribution in [0.3, 0.4) is 0 Å². The summed E-state index contributed by atoms with van der Waals surface area (Å²) in [5.74, 6) is 0.151. The number of nitrogens with zero attached hydrogens (tertiary/aromatic N) is 1. The first kappa shape index (κ1) is 22.9. The number of aryl methyl sites for hydroxylation is 2. The van der Waals surface area contributed by atoms with E-state index >= 15 is 0 Å². The Hall–Kier alpha value is -4.49. The number of aromatic nitrogens is 1. The number of ether oxygens (including phenoxy) is 1. The summed E-state index contributed by atoms with van der Waals surface area (Å²) < 4.78 is 6.30. The average Bonchev–Trinajstić information content (AvgIpc) is 3.45. The summed E-state index contributed by atoms with van der Waals surface area (Å²) in [6.07, 6.45) is -0.445. The van der Waals surface area contributed by atoms with Crippen LogP contribution in [0.25, 0.3) is 0 Å². The zero-order valence-corrected chi connectivity index (χ0v) is 20.5. The van der Waals surface area contributed by atoms with Gasteiger partial charge in [0.25, 0.3) is 11.8 Å². The first-order valence-corrected chi connectivity index (χ1v) is 12.2. The van der Waals surface area contributed by atoms with Crippen LogP contribution in [0.5, 0.6) is 0 Å². The molecular weight excluding hydrogens is 464 g/mol. The molecule has 2 atom stereocenters. The molecule has 2 aliphatic heterocycles. The fourth-order valence-electron chi connectivity index (χ4n) is 5.28. The van der Waals surface area contributed by atoms with Gasteiger partial charge in [-0.1, -0.05) is 30.3 Å². The number of hydrogen-bond acceptors (Lipinski definition) is 5. The van der Waals surface area contributed by atoms with Crippen LogP contribution in [0.1, 0.15) is 72.0 Å². The predicted octanol–water partition coefficient (Wildman–Crippen LogP) is 4.99. The van der Waals surface area contributed by atoms with Gasteiger partial charge in [-0.3, -0.25) is 9.59 Å². The third kappa shape index (κ3) is 4.03. The number of carbonyl (C=O) groups excluding carboxylic acids is 2. The molecule has 6 rings (SSSR count). The standard InChI is InChI=1S/C30H26N4O3/c1-16-12-26(31)33-17(2)25(16)15-32-29(35)19-8-10-21-23(13-19)28-24-14-20(9-11-22(24)27(21)37-28)34-30(36)18-6-4-3-5-7-18/h3-14,27-28H,15H2,1-2H3,(H2,31,33)(H,32,35)(H,34,36). The van der Waals surface area contributed by atoms with E-state index in [-0.39, 0.29) is 24.0 Å². The zero-order chi connectivity index (χ0) is 25.7. The largest absolute Gasteiger partial charge is 0.384 e. The van der Waals surface area contributed by atoms with Gasteiger partial charge in [0.1, 0.15) is 18.0 Å². The Kier molecular flexibility index (Phi) is 5.50. The van der Waals surface area contributed by atoms with Crippen LogP contribution in [0, 0.1) is 13.8 Å². The van der Waals surface area contributed by atoms with E-state index in [0.717, 1.165) is 39.1 Å². The highest BCUT2D eigenvalue weighted by Crippen LogP contribution is 2.54. The van der Waals surface area contributed by atoms with Crippen molar-refractivity contribution in [3.05, 3.63) is 123 Å². The van der Waals surface area contributed by atoms with Gasteiger partial charge in [-0.05, 0) is 89.7 Å². The minimum Gasteiger partial charge on any atom is -0.384 e. The molecule has 0 saturated carbocycles. The maximum atomic E-state index is 13.0. The first-order valence-electron chi connectivity index (χ1n) is 12.2. The Morgan fingerprint density at radius 1 is 0.838 bits per heavy atom. The second kappa shape index (κ2) is 8.87. The van der Waals surface area contributed by atoms with Gasteiger partial charge in [0, 0.05) is 29.1 Å². The smallest absolute Gasteiger partial charge is 0.255 e. The summed E-state index contributed by atoms with van der Waals surface area (Å²) in [6, 6.07) is 22.5. The Balaban J connectivity index is 1.21. The highest BCUT2D eigenvalue weighted by atomic mass is 16.5. The van der Waals surface area contributed by atoms with Gasteiger partial charge >= 0.3 is 0 Å². The number of nitrogens with one attached hydrogen (secondary N) is 2. The second-order valence-electron chi connectivity index (χ2n) is 9.51. The topological polar surface area (TPSA) is 106 Å². The van der Waals surface area contributed by atoms with Crippen LogP contribution in [0.15, 0.2) is 72.8 Å². The number of benzene rings is 3. The number of pyridine rings is 1. The van der Waals surface area contributed by atoms with E-state index in [1.54, 1.807) is 12.1 Å². The van der Waals surface area contributed by atoms with Crippen molar-refractivity contribution in [1.29, 1.82) is 0 Å². The summed E-state index contributed by atoms with van der Waals surface area (Å²) in [7, 11) is 0. The van der Waals surface area contributed by atoms with Crippen LogP contribution in [0.4, 0.5) is 11.5 Å². The van der Waals surface area contributed by atoms with E-state index in [1.165, 1.54) is 0 Å². The van der Waals surface area contributed by atoms with E-state index in [0.29, 0.717) is 29.2 Å². The third-order valence-corrected chi connectivity index (χ3v) is 7.13. The monoisotopic (exact) mass is 490 g/mol. The number of nitrogen functional groups attached to an aromatic ring is 1. The van der Waals surface area contributed by atoms with Crippen LogP contribution >= 0.6 is 0 Å². The maximum Gasteiger partial charge on any atom is 0.255 e. The van der Waals surface area contributed by atoms with E-state index < -0.39 is 0 Å². The van der Waals surface area contributed by atoms with Crippen LogP contribution in [0.2, 0.25) is 0 Å². The molecule has 7 heteroatoms. The molecule has 3 aromatic carbocycles. The molecule has 184 valence electrons. The molecule has 0 saturated heterocycles. The van der Waals surface area contributed by atoms with Crippen molar-refractivity contribution < 1.29 is 14.3 Å². The molecule has 4 aromatic rings. The van der Waals surface area contributed by atoms with Crippen molar-refractivity contribution in [1.82, 2.24) is 10.3 Å². The number of amides is 2. The molecular formula is C30H26N4O3. The van der Waals surface area contributed by atoms with Gasteiger partial charge in [-0.2, -0.15) is 0 Å². The highest BCUT2D eigenvalue weighted by Gasteiger charge is 2.43. The van der Waals surface area contributed by atoms with Crippen LogP contribution in [-0.4, -0.2) is 16.8 Å². The molecule has 1 aromatic heterocycles. The van der Waals surface area contributed by atoms with Crippen LogP contribution in [-0.2, 0) is 11.3 Å². The fourth-order valence-corrected chi connectivity index (χ4v) is 5.28. The normalized spacial score (nSPS) is 16.7. The minimum atomic E-state index is -0.276. The summed E-state index contributed by atoms with van der Waals surface area (Å²) >= 11 is 0. The molecule has 2 amide bonds. The van der Waals surface area contributed by atoms with Crippen LogP contribution < -0.4 is 16.4 Å². The lowest BCUT2D eigenvalue weighted by Crippen LogP contribution is -2.24. The molecule has 7 nitrogen and oxygen atoms in total. The SMILES string of the molecule is Cc1cc(N)nc(C)c1CNC(=O)c1ccc2c(c1)C1OC2c2ccc(NC(=O)c3ccccc3)cc21. The highest BCUT2D eigenvalue weighted by molar-refractivity contribution is 6.04. The van der Waals surface area contributed by atoms with Gasteiger partial charge in [0.15, 0.2) is 0 Å². The summed E-state index contributed by atoms with van der Waals surface area (Å²) in [6.45, 7) is 4.23. The van der Waals surface area contributed by atoms with Crippen molar-refractivity contribution in [2.75, 3.05) is 11.1 Å². The van der Waals surface area contributed by atoms with Gasteiger partial charge in [-0.25, -0.2) is 4.98 Å². The van der Waals surface area contributed by atoms with Gasteiger partial charge in [0.2, 0.25) is 0 Å². The molecule has 0 spiro atoms. The first-order chi connectivity index (χ1) is 17.9. The maximum absolute atomic E-state index is 13.0. The van der Waals surface area contributed by atoms with E-state index in [1.807, 2.05) is 74.5 Å².